The zero-order valence-corrected chi connectivity index (χ0v) is 24.1. The van der Waals surface area contributed by atoms with Crippen LogP contribution in [0.4, 0.5) is 0 Å². The van der Waals surface area contributed by atoms with Crippen LogP contribution in [0.5, 0.6) is 0 Å². The fourth-order valence-corrected chi connectivity index (χ4v) is 7.06. The summed E-state index contributed by atoms with van der Waals surface area (Å²) < 4.78 is 24.2. The van der Waals surface area contributed by atoms with Crippen molar-refractivity contribution in [2.45, 2.75) is 91.0 Å². The number of sulfone groups is 1. The molecule has 1 aliphatic carbocycles. The molecule has 1 aliphatic heterocycles. The zero-order valence-electron chi connectivity index (χ0n) is 22.5. The first kappa shape index (κ1) is 28.5. The van der Waals surface area contributed by atoms with Gasteiger partial charge in [-0.25, -0.2) is 13.4 Å². The van der Waals surface area contributed by atoms with E-state index in [9.17, 15) is 13.2 Å². The lowest BCUT2D eigenvalue weighted by atomic mass is 9.81. The lowest BCUT2D eigenvalue weighted by Gasteiger charge is -2.24. The summed E-state index contributed by atoms with van der Waals surface area (Å²) in [7, 11) is -3.25. The predicted octanol–water partition coefficient (Wildman–Crippen LogP) is 7.29. The fraction of sp³-hybridized carbons (Fsp3) is 0.517. The molecule has 5 nitrogen and oxygen atoms in total. The lowest BCUT2D eigenvalue weighted by Crippen LogP contribution is -2.27. The highest BCUT2D eigenvalue weighted by molar-refractivity contribution is 8.19. The van der Waals surface area contributed by atoms with Gasteiger partial charge in [-0.05, 0) is 76.1 Å². The van der Waals surface area contributed by atoms with Gasteiger partial charge < -0.3 is 5.32 Å². The summed E-state index contributed by atoms with van der Waals surface area (Å²) in [4.78, 5) is 19.4. The number of benzene rings is 1. The molecule has 1 saturated carbocycles. The van der Waals surface area contributed by atoms with Crippen LogP contribution >= 0.6 is 11.8 Å². The number of amides is 1. The van der Waals surface area contributed by atoms with Crippen LogP contribution in [-0.4, -0.2) is 25.1 Å². The molecule has 196 valence electrons. The van der Waals surface area contributed by atoms with E-state index in [1.165, 1.54) is 49.4 Å². The van der Waals surface area contributed by atoms with Crippen molar-refractivity contribution in [2.24, 2.45) is 10.9 Å². The summed E-state index contributed by atoms with van der Waals surface area (Å²) in [5.41, 5.74) is 5.33. The van der Waals surface area contributed by atoms with Crippen LogP contribution in [0.25, 0.3) is 0 Å². The molecule has 1 atom stereocenters. The molecule has 36 heavy (non-hydrogen) atoms. The normalized spacial score (nSPS) is 21.2. The van der Waals surface area contributed by atoms with E-state index >= 15 is 0 Å². The molecule has 1 unspecified atom stereocenters. The molecule has 2 aliphatic rings. The smallest absolute Gasteiger partial charge is 0.258 e. The minimum atomic E-state index is -3.25. The molecule has 1 heterocycles. The van der Waals surface area contributed by atoms with Crippen LogP contribution in [0.2, 0.25) is 0 Å². The first-order valence-electron chi connectivity index (χ1n) is 13.1. The highest BCUT2D eigenvalue weighted by atomic mass is 32.2. The molecule has 0 spiro atoms. The third kappa shape index (κ3) is 6.60. The number of nitrogens with zero attached hydrogens (tertiary/aromatic N) is 1. The summed E-state index contributed by atoms with van der Waals surface area (Å²) in [5.74, 6) is 0.492. The summed E-state index contributed by atoms with van der Waals surface area (Å²) in [6.45, 7) is 11.9. The number of rotatable bonds is 8. The monoisotopic (exact) mass is 528 g/mol. The van der Waals surface area contributed by atoms with Gasteiger partial charge in [-0.3, -0.25) is 4.79 Å². The van der Waals surface area contributed by atoms with Crippen LogP contribution in [0, 0.1) is 5.92 Å². The van der Waals surface area contributed by atoms with Crippen LogP contribution in [0.15, 0.2) is 67.6 Å². The summed E-state index contributed by atoms with van der Waals surface area (Å²) >= 11 is 1.47. The Labute approximate surface area is 221 Å². The molecule has 1 aromatic carbocycles. The van der Waals surface area contributed by atoms with Gasteiger partial charge in [0.2, 0.25) is 0 Å². The van der Waals surface area contributed by atoms with Gasteiger partial charge in [0.1, 0.15) is 5.04 Å². The number of hydrogen-bond acceptors (Lipinski definition) is 5. The van der Waals surface area contributed by atoms with Crippen molar-refractivity contribution in [3.8, 4) is 0 Å². The maximum Gasteiger partial charge on any atom is 0.258 e. The van der Waals surface area contributed by atoms with E-state index in [2.05, 4.69) is 25.2 Å². The molecule has 0 aromatic heterocycles. The van der Waals surface area contributed by atoms with Gasteiger partial charge in [-0.2, -0.15) is 0 Å². The Balaban J connectivity index is 1.88. The second-order valence-electron chi connectivity index (χ2n) is 9.79. The Morgan fingerprint density at radius 3 is 2.36 bits per heavy atom. The molecule has 0 saturated heterocycles. The number of carbonyl (C=O) groups excluding carboxylic acids is 1. The molecular weight excluding hydrogens is 488 g/mol. The first-order valence-corrected chi connectivity index (χ1v) is 15.5. The predicted molar refractivity (Wildman–Crippen MR) is 152 cm³/mol. The van der Waals surface area contributed by atoms with Crippen LogP contribution < -0.4 is 5.32 Å². The number of nitrogens with one attached hydrogen (secondary N) is 1. The minimum absolute atomic E-state index is 0.0657. The Kier molecular flexibility index (Phi) is 9.81. The average Bonchev–Trinajstić information content (AvgIpc) is 3.19. The molecule has 1 aromatic rings. The van der Waals surface area contributed by atoms with Crippen molar-refractivity contribution in [3.63, 3.8) is 0 Å². The zero-order chi connectivity index (χ0) is 26.5. The molecule has 0 radical (unpaired) electrons. The van der Waals surface area contributed by atoms with Crippen LogP contribution in [-0.2, 0) is 14.6 Å². The fourth-order valence-electron chi connectivity index (χ4n) is 4.97. The lowest BCUT2D eigenvalue weighted by molar-refractivity contribution is -0.117. The number of allylic oxidation sites excluding steroid dienone is 4. The summed E-state index contributed by atoms with van der Waals surface area (Å²) in [6.07, 6.45) is 9.26. The molecule has 1 fully saturated rings. The van der Waals surface area contributed by atoms with E-state index in [0.29, 0.717) is 15.7 Å². The largest absolute Gasteiger partial charge is 0.345 e. The maximum absolute atomic E-state index is 13.4. The molecule has 0 bridgehead atoms. The van der Waals surface area contributed by atoms with E-state index < -0.39 is 9.84 Å². The Morgan fingerprint density at radius 2 is 1.78 bits per heavy atom. The van der Waals surface area contributed by atoms with Gasteiger partial charge in [0.05, 0.1) is 21.6 Å². The highest BCUT2D eigenvalue weighted by Crippen LogP contribution is 2.43. The second kappa shape index (κ2) is 12.4. The van der Waals surface area contributed by atoms with E-state index in [0.717, 1.165) is 33.9 Å². The molecule has 1 N–H and O–H groups in total. The highest BCUT2D eigenvalue weighted by Gasteiger charge is 2.32. The van der Waals surface area contributed by atoms with Crippen molar-refractivity contribution in [2.75, 3.05) is 5.75 Å². The molecule has 3 rings (SSSR count). The van der Waals surface area contributed by atoms with Gasteiger partial charge in [-0.1, -0.05) is 68.7 Å². The third-order valence-corrected chi connectivity index (χ3v) is 10.1. The topological polar surface area (TPSA) is 75.6 Å². The van der Waals surface area contributed by atoms with Gasteiger partial charge in [0.25, 0.3) is 5.91 Å². The summed E-state index contributed by atoms with van der Waals surface area (Å²) in [6, 6.07) is 6.54. The van der Waals surface area contributed by atoms with E-state index in [4.69, 9.17) is 4.99 Å². The van der Waals surface area contributed by atoms with Crippen molar-refractivity contribution in [1.29, 1.82) is 0 Å². The van der Waals surface area contributed by atoms with E-state index in [1.54, 1.807) is 31.2 Å². The number of carbonyl (C=O) groups is 1. The van der Waals surface area contributed by atoms with E-state index in [1.807, 2.05) is 20.8 Å². The SMILES string of the molecule is CC/C=C(C)/N=C1/SC(C(=O)NC(C)c2ccc(S(=O)(=O)CC)cc2)=C(C)/C1=C(/C)C1CCCCC1. The summed E-state index contributed by atoms with van der Waals surface area (Å²) in [5, 5.41) is 4.04. The standard InChI is InChI=1S/C29H40N2O3S2/c1-7-12-19(3)30-29-26(20(4)23-13-10-9-11-14-23)21(5)27(35-29)28(32)31-22(6)24-15-17-25(18-16-24)36(33,34)8-2/h12,15-18,22-23H,7-11,13-14H2,1-6H3,(H,31,32)/b19-12+,26-20+,30-29+. The first-order chi connectivity index (χ1) is 17.1. The van der Waals surface area contributed by atoms with Crippen molar-refractivity contribution >= 4 is 32.6 Å². The Hall–Kier alpha value is -2.12. The van der Waals surface area contributed by atoms with Crippen molar-refractivity contribution in [1.82, 2.24) is 5.32 Å². The van der Waals surface area contributed by atoms with Crippen molar-refractivity contribution in [3.05, 3.63) is 63.2 Å². The quantitative estimate of drug-likeness (QED) is 0.384. The van der Waals surface area contributed by atoms with Gasteiger partial charge >= 0.3 is 0 Å². The number of hydrogen-bond donors (Lipinski definition) is 1. The van der Waals surface area contributed by atoms with Crippen LogP contribution in [0.3, 0.4) is 0 Å². The Morgan fingerprint density at radius 1 is 1.14 bits per heavy atom. The van der Waals surface area contributed by atoms with Gasteiger partial charge in [0.15, 0.2) is 9.84 Å². The maximum atomic E-state index is 13.4. The molecular formula is C29H40N2O3S2. The van der Waals surface area contributed by atoms with E-state index in [-0.39, 0.29) is 17.7 Å². The van der Waals surface area contributed by atoms with Crippen LogP contribution in [0.1, 0.15) is 91.7 Å². The molecule has 7 heteroatoms. The second-order valence-corrected chi connectivity index (χ2v) is 13.1. The van der Waals surface area contributed by atoms with Crippen molar-refractivity contribution < 1.29 is 13.2 Å². The van der Waals surface area contributed by atoms with Gasteiger partial charge in [0, 0.05) is 11.3 Å². The number of thioether (sulfide) groups is 1. The Bertz CT molecular complexity index is 1200. The number of aliphatic imine (C=N–C) groups is 1. The third-order valence-electron chi connectivity index (χ3n) is 7.19. The minimum Gasteiger partial charge on any atom is -0.345 e. The molecule has 1 amide bonds. The van der Waals surface area contributed by atoms with Gasteiger partial charge in [-0.15, -0.1) is 0 Å². The average molecular weight is 529 g/mol.